The van der Waals surface area contributed by atoms with Crippen LogP contribution in [0.2, 0.25) is 0 Å². The number of ketones is 1. The molecule has 0 aliphatic heterocycles. The van der Waals surface area contributed by atoms with Gasteiger partial charge in [0.25, 0.3) is 0 Å². The van der Waals surface area contributed by atoms with Crippen LogP contribution in [0.3, 0.4) is 0 Å². The van der Waals surface area contributed by atoms with E-state index in [0.717, 1.165) is 25.7 Å². The number of unbranched alkanes of at least 4 members (excludes halogenated alkanes) is 3. The van der Waals surface area contributed by atoms with Crippen molar-refractivity contribution in [3.63, 3.8) is 0 Å². The van der Waals surface area contributed by atoms with Gasteiger partial charge in [-0.2, -0.15) is 0 Å². The van der Waals surface area contributed by atoms with Crippen LogP contribution in [0.15, 0.2) is 99.9 Å². The first kappa shape index (κ1) is 25.1. The highest BCUT2D eigenvalue weighted by Crippen LogP contribution is 2.21. The maximum Gasteiger partial charge on any atom is 0.365 e. The average Bonchev–Trinajstić information content (AvgIpc) is 2.89. The fourth-order valence-corrected chi connectivity index (χ4v) is 4.61. The van der Waals surface area contributed by atoms with Crippen LogP contribution in [0.5, 0.6) is 0 Å². The topological polar surface area (TPSA) is 89.9 Å². The van der Waals surface area contributed by atoms with Gasteiger partial charge in [0.1, 0.15) is 5.71 Å². The Morgan fingerprint density at radius 3 is 1.94 bits per heavy atom. The quantitative estimate of drug-likeness (QED) is 0.113. The summed E-state index contributed by atoms with van der Waals surface area (Å²) in [6.07, 6.45) is 4.06. The third-order valence-electron chi connectivity index (χ3n) is 5.26. The van der Waals surface area contributed by atoms with E-state index in [2.05, 4.69) is 12.1 Å². The standard InChI is InChI=1S/C27H27NO5S/c1-2-3-4-11-16-25(28-33-27(30)22-12-7-5-8-13-22)26(29)21-17-19-24(20-18-21)34(31,32)23-14-9-6-10-15-23/h5-10,12-15,17-20H,2-4,11,16H2,1H3. The molecule has 0 heterocycles. The summed E-state index contributed by atoms with van der Waals surface area (Å²) in [7, 11) is -3.69. The lowest BCUT2D eigenvalue weighted by Gasteiger charge is -2.08. The maximum absolute atomic E-state index is 13.1. The smallest absolute Gasteiger partial charge is 0.312 e. The first-order chi connectivity index (χ1) is 16.4. The van der Waals surface area contributed by atoms with Crippen LogP contribution in [0.1, 0.15) is 59.7 Å². The average molecular weight is 478 g/mol. The van der Waals surface area contributed by atoms with Crippen LogP contribution < -0.4 is 0 Å². The molecule has 0 N–H and O–H groups in total. The summed E-state index contributed by atoms with van der Waals surface area (Å²) in [5.74, 6) is -1.05. The number of sulfone groups is 1. The van der Waals surface area contributed by atoms with Crippen LogP contribution in [0, 0.1) is 0 Å². The summed E-state index contributed by atoms with van der Waals surface area (Å²) in [5.41, 5.74) is 0.732. The Hall–Kier alpha value is -3.58. The highest BCUT2D eigenvalue weighted by Gasteiger charge is 2.20. The first-order valence-corrected chi connectivity index (χ1v) is 12.7. The molecular weight excluding hydrogens is 450 g/mol. The lowest BCUT2D eigenvalue weighted by atomic mass is 10.0. The van der Waals surface area contributed by atoms with Crippen LogP contribution >= 0.6 is 0 Å². The summed E-state index contributed by atoms with van der Waals surface area (Å²) in [6, 6.07) is 22.2. The Bertz CT molecular complexity index is 1240. The van der Waals surface area contributed by atoms with E-state index in [-0.39, 0.29) is 21.1 Å². The van der Waals surface area contributed by atoms with E-state index >= 15 is 0 Å². The number of benzene rings is 3. The highest BCUT2D eigenvalue weighted by molar-refractivity contribution is 7.91. The van der Waals surface area contributed by atoms with Crippen LogP contribution in [0.25, 0.3) is 0 Å². The van der Waals surface area contributed by atoms with E-state index in [1.807, 2.05) is 0 Å². The van der Waals surface area contributed by atoms with Crippen LogP contribution in [-0.4, -0.2) is 25.9 Å². The summed E-state index contributed by atoms with van der Waals surface area (Å²) in [6.45, 7) is 2.09. The molecular formula is C27H27NO5S. The SMILES string of the molecule is CCCCCCC(=NOC(=O)c1ccccc1)C(=O)c1ccc(S(=O)(=O)c2ccccc2)cc1. The molecule has 0 aromatic heterocycles. The van der Waals surface area contributed by atoms with Gasteiger partial charge in [-0.05, 0) is 61.4 Å². The Labute approximate surface area is 200 Å². The monoisotopic (exact) mass is 477 g/mol. The van der Waals surface area contributed by atoms with Gasteiger partial charge in [0.2, 0.25) is 15.6 Å². The second kappa shape index (κ2) is 12.0. The van der Waals surface area contributed by atoms with Crippen molar-refractivity contribution in [1.29, 1.82) is 0 Å². The maximum atomic E-state index is 13.1. The largest absolute Gasteiger partial charge is 0.365 e. The number of hydrogen-bond donors (Lipinski definition) is 0. The van der Waals surface area contributed by atoms with E-state index in [1.165, 1.54) is 36.4 Å². The molecule has 0 spiro atoms. The zero-order valence-electron chi connectivity index (χ0n) is 19.0. The number of nitrogens with zero attached hydrogens (tertiary/aromatic N) is 1. The predicted octanol–water partition coefficient (Wildman–Crippen LogP) is 5.89. The minimum atomic E-state index is -3.69. The molecule has 3 aromatic carbocycles. The molecule has 0 aliphatic rings. The molecule has 34 heavy (non-hydrogen) atoms. The Kier molecular flexibility index (Phi) is 8.87. The minimum Gasteiger partial charge on any atom is -0.312 e. The van der Waals surface area contributed by atoms with Gasteiger partial charge in [0, 0.05) is 5.56 Å². The summed E-state index contributed by atoms with van der Waals surface area (Å²) < 4.78 is 25.6. The molecule has 0 aliphatic carbocycles. The van der Waals surface area contributed by atoms with Crippen LogP contribution in [0.4, 0.5) is 0 Å². The number of carbonyl (C=O) groups is 2. The van der Waals surface area contributed by atoms with Gasteiger partial charge in [-0.3, -0.25) is 4.79 Å². The van der Waals surface area contributed by atoms with Crippen molar-refractivity contribution in [3.8, 4) is 0 Å². The van der Waals surface area contributed by atoms with E-state index in [4.69, 9.17) is 4.84 Å². The van der Waals surface area contributed by atoms with E-state index < -0.39 is 21.6 Å². The Balaban J connectivity index is 1.80. The van der Waals surface area contributed by atoms with Crippen molar-refractivity contribution in [2.75, 3.05) is 0 Å². The van der Waals surface area contributed by atoms with E-state index in [9.17, 15) is 18.0 Å². The number of hydrogen-bond acceptors (Lipinski definition) is 6. The van der Waals surface area contributed by atoms with Gasteiger partial charge < -0.3 is 4.84 Å². The molecule has 0 saturated carbocycles. The van der Waals surface area contributed by atoms with Gasteiger partial charge in [0.05, 0.1) is 15.4 Å². The molecule has 0 bridgehead atoms. The molecule has 7 heteroatoms. The van der Waals surface area contributed by atoms with E-state index in [0.29, 0.717) is 12.0 Å². The summed E-state index contributed by atoms with van der Waals surface area (Å²) in [5, 5.41) is 3.89. The van der Waals surface area contributed by atoms with Gasteiger partial charge >= 0.3 is 5.97 Å². The molecule has 3 rings (SSSR count). The van der Waals surface area contributed by atoms with Gasteiger partial charge in [-0.15, -0.1) is 0 Å². The number of Topliss-reactive ketones (excluding diaryl/α,β-unsaturated/α-hetero) is 1. The van der Waals surface area contributed by atoms with Crippen molar-refractivity contribution in [2.24, 2.45) is 5.16 Å². The number of carbonyl (C=O) groups excluding carboxylic acids is 2. The lowest BCUT2D eigenvalue weighted by molar-refractivity contribution is 0.0514. The van der Waals surface area contributed by atoms with Crippen molar-refractivity contribution in [1.82, 2.24) is 0 Å². The Morgan fingerprint density at radius 2 is 1.32 bits per heavy atom. The van der Waals surface area contributed by atoms with Crippen LogP contribution in [-0.2, 0) is 14.7 Å². The fraction of sp³-hybridized carbons (Fsp3) is 0.222. The predicted molar refractivity (Wildman–Crippen MR) is 131 cm³/mol. The van der Waals surface area contributed by atoms with Crippen molar-refractivity contribution in [2.45, 2.75) is 48.8 Å². The second-order valence-corrected chi connectivity index (χ2v) is 9.71. The zero-order valence-corrected chi connectivity index (χ0v) is 19.8. The van der Waals surface area contributed by atoms with Crippen molar-refractivity contribution >= 4 is 27.3 Å². The molecule has 6 nitrogen and oxygen atoms in total. The van der Waals surface area contributed by atoms with Crippen molar-refractivity contribution in [3.05, 3.63) is 96.1 Å². The number of rotatable bonds is 11. The molecule has 176 valence electrons. The molecule has 0 atom stereocenters. The number of oxime groups is 1. The third kappa shape index (κ3) is 6.48. The molecule has 0 unspecified atom stereocenters. The van der Waals surface area contributed by atoms with Gasteiger partial charge in [0.15, 0.2) is 0 Å². The minimum absolute atomic E-state index is 0.0900. The third-order valence-corrected chi connectivity index (χ3v) is 7.04. The molecule has 3 aromatic rings. The van der Waals surface area contributed by atoms with E-state index in [1.54, 1.807) is 48.5 Å². The Morgan fingerprint density at radius 1 is 0.735 bits per heavy atom. The molecule has 0 fully saturated rings. The first-order valence-electron chi connectivity index (χ1n) is 11.2. The summed E-state index contributed by atoms with van der Waals surface area (Å²) >= 11 is 0. The molecule has 0 saturated heterocycles. The van der Waals surface area contributed by atoms with Crippen molar-refractivity contribution < 1.29 is 22.8 Å². The molecule has 0 amide bonds. The van der Waals surface area contributed by atoms with Gasteiger partial charge in [-0.1, -0.05) is 67.7 Å². The lowest BCUT2D eigenvalue weighted by Crippen LogP contribution is -2.16. The normalized spacial score (nSPS) is 11.7. The second-order valence-electron chi connectivity index (χ2n) is 7.76. The molecule has 0 radical (unpaired) electrons. The summed E-state index contributed by atoms with van der Waals surface area (Å²) in [4.78, 5) is 30.7. The van der Waals surface area contributed by atoms with Gasteiger partial charge in [-0.25, -0.2) is 13.2 Å². The fourth-order valence-electron chi connectivity index (χ4n) is 3.33. The highest BCUT2D eigenvalue weighted by atomic mass is 32.2. The zero-order chi connectivity index (χ0) is 24.4.